The van der Waals surface area contributed by atoms with Crippen LogP contribution in [0.5, 0.6) is 5.75 Å². The molecule has 3 aliphatic heterocycles. The highest BCUT2D eigenvalue weighted by atomic mass is 16.5. The van der Waals surface area contributed by atoms with Crippen LogP contribution in [-0.2, 0) is 4.79 Å². The highest BCUT2D eigenvalue weighted by Gasteiger charge is 2.51. The zero-order valence-corrected chi connectivity index (χ0v) is 15.5. The van der Waals surface area contributed by atoms with Gasteiger partial charge in [0.15, 0.2) is 0 Å². The molecule has 27 heavy (non-hydrogen) atoms. The maximum atomic E-state index is 11.8. The first-order chi connectivity index (χ1) is 13.2. The van der Waals surface area contributed by atoms with Crippen molar-refractivity contribution in [3.05, 3.63) is 65.7 Å². The summed E-state index contributed by atoms with van der Waals surface area (Å²) in [7, 11) is 0. The topological polar surface area (TPSA) is 45.1 Å². The van der Waals surface area contributed by atoms with Crippen molar-refractivity contribution in [3.63, 3.8) is 0 Å². The molecule has 0 bridgehead atoms. The van der Waals surface area contributed by atoms with Gasteiger partial charge in [-0.2, -0.15) is 5.10 Å². The van der Waals surface area contributed by atoms with Crippen LogP contribution in [0.3, 0.4) is 0 Å². The average molecular weight is 361 g/mol. The Bertz CT molecular complexity index is 901. The molecule has 3 heterocycles. The molecule has 5 heteroatoms. The molecule has 3 aliphatic rings. The number of carbonyl (C=O) groups is 1. The van der Waals surface area contributed by atoms with Gasteiger partial charge >= 0.3 is 0 Å². The highest BCUT2D eigenvalue weighted by Crippen LogP contribution is 2.49. The average Bonchev–Trinajstić information content (AvgIpc) is 3.16. The van der Waals surface area contributed by atoms with Crippen LogP contribution in [-0.4, -0.2) is 40.3 Å². The van der Waals surface area contributed by atoms with Gasteiger partial charge in [0.1, 0.15) is 5.75 Å². The third kappa shape index (κ3) is 2.60. The summed E-state index contributed by atoms with van der Waals surface area (Å²) >= 11 is 0. The number of piperidine rings is 1. The van der Waals surface area contributed by atoms with Crippen molar-refractivity contribution in [2.45, 2.75) is 38.0 Å². The van der Waals surface area contributed by atoms with Crippen molar-refractivity contribution in [1.82, 2.24) is 9.91 Å². The summed E-state index contributed by atoms with van der Waals surface area (Å²) in [5, 5.41) is 7.24. The van der Waals surface area contributed by atoms with Gasteiger partial charge in [-0.15, -0.1) is 0 Å². The van der Waals surface area contributed by atoms with Crippen molar-refractivity contribution in [3.8, 4) is 5.75 Å². The number of hydrogen-bond acceptors (Lipinski definition) is 4. The quantitative estimate of drug-likeness (QED) is 0.780. The standard InChI is InChI=1S/C22H23N3O2/c1-16(26)24-13-11-22(12-14-24)25-20(18-9-5-6-10-21(18)27-22)15-19(23-25)17-7-3-2-4-8-17/h2-10,20H,11-15H2,1H3/t20-/m1/s1. The molecule has 0 aliphatic carbocycles. The van der Waals surface area contributed by atoms with E-state index in [1.807, 2.05) is 17.0 Å². The molecule has 5 rings (SSSR count). The van der Waals surface area contributed by atoms with Gasteiger partial charge in [-0.1, -0.05) is 48.5 Å². The highest BCUT2D eigenvalue weighted by molar-refractivity contribution is 6.01. The molecule has 138 valence electrons. The number of para-hydroxylation sites is 1. The summed E-state index contributed by atoms with van der Waals surface area (Å²) < 4.78 is 6.57. The van der Waals surface area contributed by atoms with E-state index in [2.05, 4.69) is 47.5 Å². The Kier molecular flexibility index (Phi) is 3.71. The predicted octanol–water partition coefficient (Wildman–Crippen LogP) is 3.57. The second kappa shape index (κ2) is 6.12. The molecule has 0 radical (unpaired) electrons. The zero-order valence-electron chi connectivity index (χ0n) is 15.5. The Balaban J connectivity index is 1.54. The SMILES string of the molecule is CC(=O)N1CCC2(CC1)Oc1ccccc1[C@H]1CC(c3ccccc3)=NN12. The third-order valence-electron chi connectivity index (χ3n) is 6.00. The number of ether oxygens (including phenoxy) is 1. The Labute approximate surface area is 159 Å². The first-order valence-electron chi connectivity index (χ1n) is 9.62. The van der Waals surface area contributed by atoms with Gasteiger partial charge in [-0.25, -0.2) is 5.01 Å². The molecule has 2 aromatic carbocycles. The van der Waals surface area contributed by atoms with E-state index in [0.29, 0.717) is 13.1 Å². The first kappa shape index (κ1) is 16.4. The minimum atomic E-state index is -0.471. The minimum Gasteiger partial charge on any atom is -0.466 e. The van der Waals surface area contributed by atoms with Crippen LogP contribution in [0.4, 0.5) is 0 Å². The predicted molar refractivity (Wildman–Crippen MR) is 103 cm³/mol. The normalized spacial score (nSPS) is 22.7. The third-order valence-corrected chi connectivity index (χ3v) is 6.00. The van der Waals surface area contributed by atoms with Crippen LogP contribution in [0.15, 0.2) is 59.7 Å². The Hall–Kier alpha value is -2.82. The van der Waals surface area contributed by atoms with E-state index in [0.717, 1.165) is 30.7 Å². The molecular formula is C22H23N3O2. The van der Waals surface area contributed by atoms with Crippen LogP contribution in [0.1, 0.15) is 43.4 Å². The molecular weight excluding hydrogens is 338 g/mol. The van der Waals surface area contributed by atoms with Crippen LogP contribution < -0.4 is 4.74 Å². The van der Waals surface area contributed by atoms with E-state index in [4.69, 9.17) is 9.84 Å². The number of likely N-dealkylation sites (tertiary alicyclic amines) is 1. The first-order valence-corrected chi connectivity index (χ1v) is 9.62. The lowest BCUT2D eigenvalue weighted by Crippen LogP contribution is -2.59. The second-order valence-corrected chi connectivity index (χ2v) is 7.57. The summed E-state index contributed by atoms with van der Waals surface area (Å²) in [6.45, 7) is 3.05. The van der Waals surface area contributed by atoms with E-state index in [1.54, 1.807) is 6.92 Å². The second-order valence-electron chi connectivity index (χ2n) is 7.57. The van der Waals surface area contributed by atoms with Gasteiger partial charge in [0, 0.05) is 44.8 Å². The molecule has 1 amide bonds. The molecule has 1 spiro atoms. The van der Waals surface area contributed by atoms with E-state index in [-0.39, 0.29) is 11.9 Å². The minimum absolute atomic E-state index is 0.132. The van der Waals surface area contributed by atoms with Crippen molar-refractivity contribution >= 4 is 11.6 Å². The lowest BCUT2D eigenvalue weighted by molar-refractivity contribution is -0.158. The number of nitrogens with zero attached hydrogens (tertiary/aromatic N) is 3. The fourth-order valence-electron chi connectivity index (χ4n) is 4.54. The summed E-state index contributed by atoms with van der Waals surface area (Å²) in [6.07, 6.45) is 2.41. The molecule has 0 N–H and O–H groups in total. The van der Waals surface area contributed by atoms with Crippen molar-refractivity contribution < 1.29 is 9.53 Å². The number of amides is 1. The maximum Gasteiger partial charge on any atom is 0.219 e. The molecule has 5 nitrogen and oxygen atoms in total. The monoisotopic (exact) mass is 361 g/mol. The van der Waals surface area contributed by atoms with E-state index in [9.17, 15) is 4.79 Å². The fourth-order valence-corrected chi connectivity index (χ4v) is 4.54. The van der Waals surface area contributed by atoms with Crippen LogP contribution in [0.2, 0.25) is 0 Å². The number of fused-ring (bicyclic) bond motifs is 4. The molecule has 1 atom stereocenters. The van der Waals surface area contributed by atoms with Crippen molar-refractivity contribution in [2.24, 2.45) is 5.10 Å². The van der Waals surface area contributed by atoms with Crippen LogP contribution in [0, 0.1) is 0 Å². The smallest absolute Gasteiger partial charge is 0.219 e. The number of hydrazone groups is 1. The van der Waals surface area contributed by atoms with Crippen LogP contribution >= 0.6 is 0 Å². The summed E-state index contributed by atoms with van der Waals surface area (Å²) in [5.41, 5.74) is 3.00. The van der Waals surface area contributed by atoms with Gasteiger partial charge in [-0.3, -0.25) is 4.79 Å². The number of benzene rings is 2. The van der Waals surface area contributed by atoms with Gasteiger partial charge < -0.3 is 9.64 Å². The largest absolute Gasteiger partial charge is 0.466 e. The lowest BCUT2D eigenvalue weighted by atomic mass is 9.90. The van der Waals surface area contributed by atoms with Gasteiger partial charge in [0.2, 0.25) is 11.6 Å². The number of carbonyl (C=O) groups excluding carboxylic acids is 1. The van der Waals surface area contributed by atoms with E-state index in [1.165, 1.54) is 11.1 Å². The Morgan fingerprint density at radius 3 is 2.52 bits per heavy atom. The van der Waals surface area contributed by atoms with Gasteiger partial charge in [0.25, 0.3) is 0 Å². The van der Waals surface area contributed by atoms with Gasteiger partial charge in [0.05, 0.1) is 11.8 Å². The van der Waals surface area contributed by atoms with Gasteiger partial charge in [-0.05, 0) is 11.6 Å². The van der Waals surface area contributed by atoms with E-state index < -0.39 is 5.72 Å². The maximum absolute atomic E-state index is 11.8. The number of rotatable bonds is 1. The fraction of sp³-hybridized carbons (Fsp3) is 0.364. The summed E-state index contributed by atoms with van der Waals surface area (Å²) in [6, 6.07) is 18.9. The molecule has 1 saturated heterocycles. The molecule has 0 saturated carbocycles. The molecule has 1 fully saturated rings. The number of hydrogen-bond donors (Lipinski definition) is 0. The molecule has 0 aromatic heterocycles. The van der Waals surface area contributed by atoms with Crippen molar-refractivity contribution in [2.75, 3.05) is 13.1 Å². The Morgan fingerprint density at radius 1 is 1.07 bits per heavy atom. The summed E-state index contributed by atoms with van der Waals surface area (Å²) in [5.74, 6) is 1.09. The zero-order chi connectivity index (χ0) is 18.4. The van der Waals surface area contributed by atoms with Crippen molar-refractivity contribution in [1.29, 1.82) is 0 Å². The van der Waals surface area contributed by atoms with E-state index >= 15 is 0 Å². The Morgan fingerprint density at radius 2 is 1.78 bits per heavy atom. The molecule has 0 unspecified atom stereocenters. The summed E-state index contributed by atoms with van der Waals surface area (Å²) in [4.78, 5) is 13.7. The molecule has 2 aromatic rings. The van der Waals surface area contributed by atoms with Crippen LogP contribution in [0.25, 0.3) is 0 Å². The lowest BCUT2D eigenvalue weighted by Gasteiger charge is -2.51.